The highest BCUT2D eigenvalue weighted by Gasteiger charge is 2.30. The fourth-order valence-corrected chi connectivity index (χ4v) is 3.54. The molecule has 2 heterocycles. The second-order valence-corrected chi connectivity index (χ2v) is 7.12. The summed E-state index contributed by atoms with van der Waals surface area (Å²) >= 11 is 0. The van der Waals surface area contributed by atoms with Gasteiger partial charge in [-0.2, -0.15) is 13.2 Å². The molecule has 154 valence electrons. The first kappa shape index (κ1) is 19.6. The van der Waals surface area contributed by atoms with Crippen LogP contribution in [-0.2, 0) is 12.7 Å². The molecule has 1 fully saturated rings. The van der Waals surface area contributed by atoms with E-state index in [1.54, 1.807) is 4.90 Å². The van der Waals surface area contributed by atoms with E-state index in [0.29, 0.717) is 39.4 Å². The molecule has 2 aromatic rings. The maximum absolute atomic E-state index is 12.7. The number of hydrogen-bond acceptors (Lipinski definition) is 4. The van der Waals surface area contributed by atoms with Crippen molar-refractivity contribution < 1.29 is 27.4 Å². The first-order chi connectivity index (χ1) is 13.9. The van der Waals surface area contributed by atoms with Gasteiger partial charge in [0.15, 0.2) is 11.5 Å². The van der Waals surface area contributed by atoms with Gasteiger partial charge in [-0.1, -0.05) is 6.07 Å². The number of benzene rings is 2. The highest BCUT2D eigenvalue weighted by molar-refractivity contribution is 5.94. The number of ether oxygens (including phenoxy) is 2. The number of carbonyl (C=O) groups is 1. The van der Waals surface area contributed by atoms with E-state index in [4.69, 9.17) is 9.47 Å². The number of nitrogens with zero attached hydrogens (tertiary/aromatic N) is 2. The number of alkyl halides is 3. The van der Waals surface area contributed by atoms with Gasteiger partial charge in [-0.25, -0.2) is 0 Å². The van der Waals surface area contributed by atoms with E-state index >= 15 is 0 Å². The van der Waals surface area contributed by atoms with Gasteiger partial charge in [0.25, 0.3) is 5.91 Å². The van der Waals surface area contributed by atoms with Crippen molar-refractivity contribution in [3.8, 4) is 11.5 Å². The Balaban J connectivity index is 1.32. The Hall–Kier alpha value is -2.74. The molecule has 0 spiro atoms. The molecule has 1 saturated heterocycles. The van der Waals surface area contributed by atoms with Crippen LogP contribution in [0.15, 0.2) is 42.5 Å². The Morgan fingerprint density at radius 1 is 0.897 bits per heavy atom. The van der Waals surface area contributed by atoms with E-state index in [-0.39, 0.29) is 11.5 Å². The second kappa shape index (κ2) is 7.94. The minimum atomic E-state index is -4.40. The predicted molar refractivity (Wildman–Crippen MR) is 100 cm³/mol. The Morgan fingerprint density at radius 2 is 1.55 bits per heavy atom. The van der Waals surface area contributed by atoms with E-state index in [1.165, 1.54) is 12.1 Å². The van der Waals surface area contributed by atoms with E-state index in [9.17, 15) is 18.0 Å². The molecular weight excluding hydrogens is 385 g/mol. The highest BCUT2D eigenvalue weighted by atomic mass is 19.4. The Labute approximate surface area is 166 Å². The normalized spacial score (nSPS) is 17.3. The van der Waals surface area contributed by atoms with Gasteiger partial charge in [0.05, 0.1) is 5.56 Å². The number of piperazine rings is 1. The van der Waals surface area contributed by atoms with Crippen LogP contribution in [0.25, 0.3) is 0 Å². The molecule has 0 N–H and O–H groups in total. The molecule has 4 rings (SSSR count). The van der Waals surface area contributed by atoms with Gasteiger partial charge < -0.3 is 14.4 Å². The lowest BCUT2D eigenvalue weighted by molar-refractivity contribution is -0.137. The number of amides is 1. The van der Waals surface area contributed by atoms with Crippen LogP contribution in [0.2, 0.25) is 0 Å². The third-order valence-corrected chi connectivity index (χ3v) is 5.13. The van der Waals surface area contributed by atoms with Crippen molar-refractivity contribution in [2.24, 2.45) is 0 Å². The molecule has 5 nitrogen and oxygen atoms in total. The highest BCUT2D eigenvalue weighted by Crippen LogP contribution is 2.31. The fraction of sp³-hybridized carbons (Fsp3) is 0.381. The van der Waals surface area contributed by atoms with Gasteiger partial charge in [0, 0.05) is 38.3 Å². The first-order valence-electron chi connectivity index (χ1n) is 9.47. The van der Waals surface area contributed by atoms with Gasteiger partial charge in [-0.05, 0) is 42.0 Å². The van der Waals surface area contributed by atoms with Crippen molar-refractivity contribution >= 4 is 5.91 Å². The summed E-state index contributed by atoms with van der Waals surface area (Å²) in [5, 5.41) is 0. The minimum absolute atomic E-state index is 0.238. The van der Waals surface area contributed by atoms with Crippen LogP contribution in [-0.4, -0.2) is 55.1 Å². The Morgan fingerprint density at radius 3 is 2.21 bits per heavy atom. The van der Waals surface area contributed by atoms with Crippen LogP contribution in [0.5, 0.6) is 11.5 Å². The molecular formula is C21H21F3N2O3. The topological polar surface area (TPSA) is 42.0 Å². The predicted octanol–water partition coefficient (Wildman–Crippen LogP) is 3.43. The van der Waals surface area contributed by atoms with E-state index in [1.807, 2.05) is 18.2 Å². The van der Waals surface area contributed by atoms with E-state index < -0.39 is 11.7 Å². The lowest BCUT2D eigenvalue weighted by atomic mass is 10.1. The monoisotopic (exact) mass is 406 g/mol. The summed E-state index contributed by atoms with van der Waals surface area (Å²) in [5.74, 6) is 1.27. The number of halogens is 3. The van der Waals surface area contributed by atoms with Crippen LogP contribution in [0.1, 0.15) is 21.5 Å². The van der Waals surface area contributed by atoms with Crippen LogP contribution in [0.3, 0.4) is 0 Å². The molecule has 2 aliphatic rings. The molecule has 0 aromatic heterocycles. The maximum atomic E-state index is 12.7. The number of carbonyl (C=O) groups excluding carboxylic acids is 1. The largest absolute Gasteiger partial charge is 0.486 e. The summed E-state index contributed by atoms with van der Waals surface area (Å²) in [6.07, 6.45) is -4.40. The average Bonchev–Trinajstić information content (AvgIpc) is 2.73. The quantitative estimate of drug-likeness (QED) is 0.783. The average molecular weight is 406 g/mol. The molecule has 8 heteroatoms. The van der Waals surface area contributed by atoms with Crippen molar-refractivity contribution in [2.75, 3.05) is 39.4 Å². The third-order valence-electron chi connectivity index (χ3n) is 5.13. The van der Waals surface area contributed by atoms with Crippen molar-refractivity contribution in [1.82, 2.24) is 9.80 Å². The summed E-state index contributed by atoms with van der Waals surface area (Å²) in [7, 11) is 0. The van der Waals surface area contributed by atoms with Crippen molar-refractivity contribution in [1.29, 1.82) is 0 Å². The zero-order valence-corrected chi connectivity index (χ0v) is 15.7. The molecule has 29 heavy (non-hydrogen) atoms. The summed E-state index contributed by atoms with van der Waals surface area (Å²) in [5.41, 5.74) is 0.633. The van der Waals surface area contributed by atoms with Crippen LogP contribution < -0.4 is 9.47 Å². The Kier molecular flexibility index (Phi) is 5.36. The number of hydrogen-bond donors (Lipinski definition) is 0. The summed E-state index contributed by atoms with van der Waals surface area (Å²) in [6.45, 7) is 4.29. The smallest absolute Gasteiger partial charge is 0.416 e. The zero-order chi connectivity index (χ0) is 20.4. The van der Waals surface area contributed by atoms with E-state index in [2.05, 4.69) is 4.90 Å². The SMILES string of the molecule is O=C(c1ccc(C(F)(F)F)cc1)N1CCN(Cc2ccc3c(c2)OCCO3)CC1. The molecule has 0 saturated carbocycles. The summed E-state index contributed by atoms with van der Waals surface area (Å²) in [6, 6.07) is 10.3. The maximum Gasteiger partial charge on any atom is 0.416 e. The number of rotatable bonds is 3. The molecule has 0 aliphatic carbocycles. The first-order valence-corrected chi connectivity index (χ1v) is 9.47. The second-order valence-electron chi connectivity index (χ2n) is 7.12. The zero-order valence-electron chi connectivity index (χ0n) is 15.7. The summed E-state index contributed by atoms with van der Waals surface area (Å²) in [4.78, 5) is 16.5. The van der Waals surface area contributed by atoms with Crippen molar-refractivity contribution in [3.63, 3.8) is 0 Å². The molecule has 2 aliphatic heterocycles. The van der Waals surface area contributed by atoms with E-state index in [0.717, 1.165) is 35.7 Å². The molecule has 0 radical (unpaired) electrons. The van der Waals surface area contributed by atoms with Gasteiger partial charge in [0.1, 0.15) is 13.2 Å². The fourth-order valence-electron chi connectivity index (χ4n) is 3.54. The van der Waals surface area contributed by atoms with Crippen LogP contribution in [0, 0.1) is 0 Å². The molecule has 0 unspecified atom stereocenters. The lowest BCUT2D eigenvalue weighted by Gasteiger charge is -2.35. The van der Waals surface area contributed by atoms with Crippen LogP contribution in [0.4, 0.5) is 13.2 Å². The number of fused-ring (bicyclic) bond motifs is 1. The van der Waals surface area contributed by atoms with Crippen molar-refractivity contribution in [3.05, 3.63) is 59.2 Å². The molecule has 2 aromatic carbocycles. The molecule has 0 atom stereocenters. The van der Waals surface area contributed by atoms with Gasteiger partial charge in [-0.3, -0.25) is 9.69 Å². The van der Waals surface area contributed by atoms with Gasteiger partial charge >= 0.3 is 6.18 Å². The Bertz CT molecular complexity index is 876. The summed E-state index contributed by atoms with van der Waals surface area (Å²) < 4.78 is 49.2. The molecule has 0 bridgehead atoms. The third kappa shape index (κ3) is 4.48. The lowest BCUT2D eigenvalue weighted by Crippen LogP contribution is -2.48. The van der Waals surface area contributed by atoms with Crippen LogP contribution >= 0.6 is 0 Å². The standard InChI is InChI=1S/C21H21F3N2O3/c22-21(23,24)17-4-2-16(3-5-17)20(27)26-9-7-25(8-10-26)14-15-1-6-18-19(13-15)29-12-11-28-18/h1-6,13H,7-12,14H2. The van der Waals surface area contributed by atoms with Gasteiger partial charge in [-0.15, -0.1) is 0 Å². The van der Waals surface area contributed by atoms with Gasteiger partial charge in [0.2, 0.25) is 0 Å². The van der Waals surface area contributed by atoms with Crippen molar-refractivity contribution in [2.45, 2.75) is 12.7 Å². The minimum Gasteiger partial charge on any atom is -0.486 e. The molecule has 1 amide bonds.